The average molecular weight is 1080 g/mol. The van der Waals surface area contributed by atoms with E-state index in [4.69, 9.17) is 4.74 Å². The Bertz CT molecular complexity index is 3280. The Morgan fingerprint density at radius 1 is 0.846 bits per heavy atom. The third-order valence-corrected chi connectivity index (χ3v) is 15.8. The fraction of sp³-hybridized carbons (Fsp3) is 0.411. The first-order valence-electron chi connectivity index (χ1n) is 26.6. The maximum Gasteiger partial charge on any atom is 0.289 e. The zero-order valence-corrected chi connectivity index (χ0v) is 46.1. The highest BCUT2D eigenvalue weighted by Gasteiger charge is 2.36. The molecule has 4 N–H and O–H groups in total. The van der Waals surface area contributed by atoms with Crippen molar-refractivity contribution in [2.75, 3.05) is 105 Å². The number of fused-ring (bicyclic) bond motifs is 2. The zero-order valence-electron chi connectivity index (χ0n) is 45.3. The SMILES string of the molecule is CCOc1cc(N2CCC(C(=O)N3CCN(Cc4ccc(-n5c(C(=O)NCCN(CC)CC)nnc5-c5cc(C(C)C)c(O)cc5O)cc4)CC3)CC2)ccc1Nc1ncc2c(n1)N(S(C)(=O)=O)c1ccccc1C(=O)N2C. The zero-order chi connectivity index (χ0) is 55.4. The van der Waals surface area contributed by atoms with Crippen LogP contribution in [0.25, 0.3) is 17.1 Å². The van der Waals surface area contributed by atoms with Gasteiger partial charge >= 0.3 is 0 Å². The molecule has 21 nitrogen and oxygen atoms in total. The number of benzene rings is 4. The maximum absolute atomic E-state index is 14.0. The van der Waals surface area contributed by atoms with Crippen LogP contribution in [0.3, 0.4) is 0 Å². The molecule has 78 heavy (non-hydrogen) atoms. The van der Waals surface area contributed by atoms with Gasteiger partial charge in [0.2, 0.25) is 27.7 Å². The molecule has 4 aromatic carbocycles. The van der Waals surface area contributed by atoms with E-state index >= 15 is 0 Å². The molecule has 412 valence electrons. The molecular formula is C56H69N13O8S. The van der Waals surface area contributed by atoms with Crippen molar-refractivity contribution in [1.82, 2.24) is 44.7 Å². The summed E-state index contributed by atoms with van der Waals surface area (Å²) in [6.07, 6.45) is 3.90. The number of hydrogen-bond donors (Lipinski definition) is 4. The van der Waals surface area contributed by atoms with Crippen LogP contribution in [-0.2, 0) is 21.4 Å². The molecule has 3 aliphatic rings. The van der Waals surface area contributed by atoms with Crippen molar-refractivity contribution in [2.45, 2.75) is 59.9 Å². The number of piperidine rings is 1. The topological polar surface area (TPSA) is 235 Å². The van der Waals surface area contributed by atoms with Crippen LogP contribution in [0, 0.1) is 5.92 Å². The van der Waals surface area contributed by atoms with E-state index in [1.807, 2.05) is 68.1 Å². The average Bonchev–Trinajstić information content (AvgIpc) is 3.97. The third-order valence-electron chi connectivity index (χ3n) is 14.8. The molecule has 5 heterocycles. The minimum absolute atomic E-state index is 0.0255. The second-order valence-electron chi connectivity index (χ2n) is 20.1. The van der Waals surface area contributed by atoms with E-state index in [9.17, 15) is 33.0 Å². The standard InChI is InChI=1S/C56H69N13O8S/c1-8-64(9-2)26-23-57-53(72)52-62-61-50(43-32-42(36(4)5)47(70)33-48(43)71)68(52)39-17-15-37(16-18-39)35-65-27-29-67(30-28-65)54(73)38-21-24-66(25-22-38)40-19-20-44(49(31-40)77-10-3)59-56-58-34-46-51(60-56)69(78(7,75)76)45-14-12-11-13-41(45)55(74)63(46)6/h11-20,31-34,36,38,70-71H,8-10,21-30,35H2,1-7H3,(H,57,72)(H,58,59,60). The quantitative estimate of drug-likeness (QED) is 0.0699. The lowest BCUT2D eigenvalue weighted by Gasteiger charge is -2.39. The monoisotopic (exact) mass is 1080 g/mol. The predicted octanol–water partition coefficient (Wildman–Crippen LogP) is 6.72. The van der Waals surface area contributed by atoms with Crippen LogP contribution in [0.5, 0.6) is 17.2 Å². The van der Waals surface area contributed by atoms with E-state index in [0.29, 0.717) is 93.5 Å². The van der Waals surface area contributed by atoms with Gasteiger partial charge in [0.25, 0.3) is 11.8 Å². The summed E-state index contributed by atoms with van der Waals surface area (Å²) >= 11 is 0. The van der Waals surface area contributed by atoms with Crippen molar-refractivity contribution >= 4 is 62.3 Å². The van der Waals surface area contributed by atoms with Gasteiger partial charge in [-0.05, 0) is 92.4 Å². The third kappa shape index (κ3) is 11.6. The number of aromatic hydroxyl groups is 2. The molecule has 6 aromatic rings. The number of carbonyl (C=O) groups is 3. The second kappa shape index (κ2) is 23.4. The minimum Gasteiger partial charge on any atom is -0.508 e. The molecule has 0 atom stereocenters. The van der Waals surface area contributed by atoms with Crippen LogP contribution in [0.4, 0.5) is 34.5 Å². The number of nitrogens with one attached hydrogen (secondary N) is 2. The largest absolute Gasteiger partial charge is 0.508 e. The predicted molar refractivity (Wildman–Crippen MR) is 300 cm³/mol. The van der Waals surface area contributed by atoms with E-state index in [1.165, 1.54) is 17.2 Å². The van der Waals surface area contributed by atoms with E-state index in [2.05, 4.69) is 59.3 Å². The maximum atomic E-state index is 14.0. The summed E-state index contributed by atoms with van der Waals surface area (Å²) in [5.41, 5.74) is 4.81. The number of amides is 3. The fourth-order valence-electron chi connectivity index (χ4n) is 10.4. The van der Waals surface area contributed by atoms with Gasteiger partial charge in [0.05, 0.1) is 41.6 Å². The number of likely N-dealkylation sites (N-methyl/N-ethyl adjacent to an activating group) is 1. The number of aromatic nitrogens is 5. The summed E-state index contributed by atoms with van der Waals surface area (Å²) in [4.78, 5) is 60.4. The van der Waals surface area contributed by atoms with Crippen molar-refractivity contribution in [2.24, 2.45) is 5.92 Å². The van der Waals surface area contributed by atoms with Crippen molar-refractivity contribution in [3.63, 3.8) is 0 Å². The molecule has 3 aliphatic heterocycles. The van der Waals surface area contributed by atoms with Crippen LogP contribution >= 0.6 is 0 Å². The highest BCUT2D eigenvalue weighted by atomic mass is 32.2. The highest BCUT2D eigenvalue weighted by Crippen LogP contribution is 2.42. The summed E-state index contributed by atoms with van der Waals surface area (Å²) in [5, 5.41) is 36.6. The molecular weight excluding hydrogens is 1010 g/mol. The Morgan fingerprint density at radius 2 is 1.55 bits per heavy atom. The van der Waals surface area contributed by atoms with E-state index in [1.54, 1.807) is 41.9 Å². The van der Waals surface area contributed by atoms with E-state index in [0.717, 1.165) is 48.0 Å². The van der Waals surface area contributed by atoms with Gasteiger partial charge in [0.15, 0.2) is 11.6 Å². The van der Waals surface area contributed by atoms with Crippen LogP contribution < -0.4 is 29.5 Å². The van der Waals surface area contributed by atoms with E-state index in [-0.39, 0.29) is 75.5 Å². The summed E-state index contributed by atoms with van der Waals surface area (Å²) < 4.78 is 35.4. The number of para-hydroxylation sites is 1. The normalized spacial score (nSPS) is 15.4. The number of anilines is 6. The Kier molecular flexibility index (Phi) is 16.5. The summed E-state index contributed by atoms with van der Waals surface area (Å²) in [5.74, 6) is 0.0799. The smallest absolute Gasteiger partial charge is 0.289 e. The van der Waals surface area contributed by atoms with Gasteiger partial charge < -0.3 is 45.2 Å². The lowest BCUT2D eigenvalue weighted by molar-refractivity contribution is -0.138. The number of carbonyl (C=O) groups excluding carboxylic acids is 3. The number of rotatable bonds is 18. The molecule has 9 rings (SSSR count). The number of sulfonamides is 1. The number of nitrogens with zero attached hydrogens (tertiary/aromatic N) is 11. The minimum atomic E-state index is -3.94. The number of piperazine rings is 1. The van der Waals surface area contributed by atoms with Crippen molar-refractivity contribution in [3.05, 3.63) is 108 Å². The van der Waals surface area contributed by atoms with Crippen molar-refractivity contribution in [3.8, 4) is 34.3 Å². The molecule has 22 heteroatoms. The molecule has 0 saturated carbocycles. The number of ether oxygens (including phenoxy) is 1. The van der Waals surface area contributed by atoms with Gasteiger partial charge in [-0.3, -0.25) is 23.9 Å². The lowest BCUT2D eigenvalue weighted by Crippen LogP contribution is -2.51. The Balaban J connectivity index is 0.816. The van der Waals surface area contributed by atoms with Gasteiger partial charge in [0.1, 0.15) is 22.9 Å². The van der Waals surface area contributed by atoms with Crippen LogP contribution in [0.15, 0.2) is 85.1 Å². The Hall–Kier alpha value is -7.82. The molecule has 0 spiro atoms. The molecule has 0 bridgehead atoms. The van der Waals surface area contributed by atoms with E-state index < -0.39 is 15.9 Å². The summed E-state index contributed by atoms with van der Waals surface area (Å²) in [6, 6.07) is 23.1. The first-order valence-corrected chi connectivity index (χ1v) is 28.5. The summed E-state index contributed by atoms with van der Waals surface area (Å²) in [7, 11) is -2.38. The molecule has 2 fully saturated rings. The van der Waals surface area contributed by atoms with Crippen molar-refractivity contribution < 1.29 is 37.8 Å². The number of phenols is 2. The summed E-state index contributed by atoms with van der Waals surface area (Å²) in [6.45, 7) is 17.8. The lowest BCUT2D eigenvalue weighted by atomic mass is 9.94. The van der Waals surface area contributed by atoms with Crippen LogP contribution in [-0.4, -0.2) is 161 Å². The van der Waals surface area contributed by atoms with Gasteiger partial charge in [-0.1, -0.05) is 52.0 Å². The molecule has 0 aliphatic carbocycles. The number of hydrogen-bond acceptors (Lipinski definition) is 16. The molecule has 0 radical (unpaired) electrons. The second-order valence-corrected chi connectivity index (χ2v) is 22.0. The van der Waals surface area contributed by atoms with Crippen LogP contribution in [0.2, 0.25) is 0 Å². The first kappa shape index (κ1) is 55.0. The molecule has 3 amide bonds. The van der Waals surface area contributed by atoms with Crippen LogP contribution in [0.1, 0.15) is 85.5 Å². The van der Waals surface area contributed by atoms with Gasteiger partial charge in [-0.2, -0.15) is 4.98 Å². The molecule has 2 saturated heterocycles. The Morgan fingerprint density at radius 3 is 2.23 bits per heavy atom. The molecule has 2 aromatic heterocycles. The Labute approximate surface area is 455 Å². The van der Waals surface area contributed by atoms with Gasteiger partial charge in [-0.15, -0.1) is 10.2 Å². The fourth-order valence-corrected chi connectivity index (χ4v) is 11.4. The van der Waals surface area contributed by atoms with Gasteiger partial charge in [0, 0.05) is 95.4 Å². The number of phenolic OH excluding ortho intramolecular Hbond substituents is 2. The van der Waals surface area contributed by atoms with Crippen molar-refractivity contribution in [1.29, 1.82) is 0 Å². The molecule has 0 unspecified atom stereocenters. The first-order chi connectivity index (χ1) is 37.5. The highest BCUT2D eigenvalue weighted by molar-refractivity contribution is 7.92. The van der Waals surface area contributed by atoms with Gasteiger partial charge in [-0.25, -0.2) is 17.7 Å².